The minimum Gasteiger partial charge on any atom is -0.310 e. The number of carbonyl (C=O) groups is 1. The van der Waals surface area contributed by atoms with Gasteiger partial charge in [-0.15, -0.1) is 0 Å². The summed E-state index contributed by atoms with van der Waals surface area (Å²) < 4.78 is 0. The maximum Gasteiger partial charge on any atom is 0.232 e. The lowest BCUT2D eigenvalue weighted by molar-refractivity contribution is -0.115. The lowest BCUT2D eigenvalue weighted by Gasteiger charge is -2.05. The second-order valence-electron chi connectivity index (χ2n) is 5.05. The molecule has 3 heterocycles. The van der Waals surface area contributed by atoms with Gasteiger partial charge in [0.25, 0.3) is 0 Å². The molecule has 0 aromatic carbocycles. The summed E-state index contributed by atoms with van der Waals surface area (Å²) in [6, 6.07) is 8.72. The van der Waals surface area contributed by atoms with Crippen molar-refractivity contribution in [2.24, 2.45) is 0 Å². The van der Waals surface area contributed by atoms with Gasteiger partial charge in [0.2, 0.25) is 11.7 Å². The fraction of sp³-hybridized carbons (Fsp3) is 0.0588. The van der Waals surface area contributed by atoms with Crippen LogP contribution in [0.1, 0.15) is 11.4 Å². The lowest BCUT2D eigenvalue weighted by Crippen LogP contribution is -2.15. The maximum absolute atomic E-state index is 12.0. The molecule has 0 spiro atoms. The molecule has 0 atom stereocenters. The Morgan fingerprint density at radius 3 is 2.44 bits per heavy atom. The molecule has 8 heteroatoms. The predicted molar refractivity (Wildman–Crippen MR) is 91.6 cm³/mol. The van der Waals surface area contributed by atoms with Crippen molar-refractivity contribution < 1.29 is 4.79 Å². The molecule has 1 amide bonds. The molecule has 0 fully saturated rings. The van der Waals surface area contributed by atoms with Gasteiger partial charge < -0.3 is 5.32 Å². The molecule has 0 bridgehead atoms. The lowest BCUT2D eigenvalue weighted by atomic mass is 10.1. The molecule has 122 valence electrons. The van der Waals surface area contributed by atoms with Gasteiger partial charge in [0.1, 0.15) is 11.9 Å². The van der Waals surface area contributed by atoms with Gasteiger partial charge in [0, 0.05) is 30.4 Å². The number of amides is 1. The van der Waals surface area contributed by atoms with E-state index in [4.69, 9.17) is 16.9 Å². The number of hydrogen-bond acceptors (Lipinski definition) is 6. The molecular formula is C17H11ClN6O. The zero-order valence-electron chi connectivity index (χ0n) is 12.8. The zero-order chi connectivity index (χ0) is 17.6. The van der Waals surface area contributed by atoms with Gasteiger partial charge in [0.05, 0.1) is 17.1 Å². The molecule has 0 aliphatic rings. The van der Waals surface area contributed by atoms with Gasteiger partial charge in [-0.2, -0.15) is 5.26 Å². The Hall–Kier alpha value is -3.37. The van der Waals surface area contributed by atoms with Crippen LogP contribution in [0.2, 0.25) is 5.02 Å². The predicted octanol–water partition coefficient (Wildman–Crippen LogP) is 2.64. The number of pyridine rings is 2. The van der Waals surface area contributed by atoms with Gasteiger partial charge in [0.15, 0.2) is 0 Å². The summed E-state index contributed by atoms with van der Waals surface area (Å²) in [6.07, 6.45) is 6.32. The van der Waals surface area contributed by atoms with Crippen LogP contribution in [0.4, 0.5) is 5.82 Å². The van der Waals surface area contributed by atoms with E-state index in [0.29, 0.717) is 22.1 Å². The number of nitrogens with one attached hydrogen (secondary N) is 1. The summed E-state index contributed by atoms with van der Waals surface area (Å²) in [5, 5.41) is 11.9. The van der Waals surface area contributed by atoms with E-state index in [-0.39, 0.29) is 18.2 Å². The van der Waals surface area contributed by atoms with Crippen LogP contribution in [0.25, 0.3) is 11.3 Å². The van der Waals surface area contributed by atoms with Crippen LogP contribution in [0.15, 0.2) is 49.1 Å². The highest BCUT2D eigenvalue weighted by atomic mass is 35.5. The van der Waals surface area contributed by atoms with E-state index >= 15 is 0 Å². The van der Waals surface area contributed by atoms with E-state index < -0.39 is 0 Å². The number of rotatable bonds is 4. The van der Waals surface area contributed by atoms with Crippen LogP contribution < -0.4 is 5.32 Å². The Morgan fingerprint density at radius 1 is 1.04 bits per heavy atom. The van der Waals surface area contributed by atoms with Crippen molar-refractivity contribution in [3.05, 3.63) is 65.5 Å². The topological polar surface area (TPSA) is 104 Å². The van der Waals surface area contributed by atoms with Crippen molar-refractivity contribution in [1.29, 1.82) is 5.26 Å². The molecule has 0 saturated carbocycles. The summed E-state index contributed by atoms with van der Waals surface area (Å²) in [6.45, 7) is 0. The number of hydrogen-bond donors (Lipinski definition) is 1. The first-order chi connectivity index (χ1) is 12.1. The van der Waals surface area contributed by atoms with Crippen molar-refractivity contribution in [2.75, 3.05) is 5.32 Å². The average Bonchev–Trinajstić information content (AvgIpc) is 2.64. The highest BCUT2D eigenvalue weighted by Crippen LogP contribution is 2.15. The van der Waals surface area contributed by atoms with E-state index in [9.17, 15) is 4.79 Å². The summed E-state index contributed by atoms with van der Waals surface area (Å²) in [4.78, 5) is 28.2. The average molecular weight is 351 g/mol. The largest absolute Gasteiger partial charge is 0.310 e. The van der Waals surface area contributed by atoms with Crippen molar-refractivity contribution in [1.82, 2.24) is 19.9 Å². The molecule has 3 rings (SSSR count). The third kappa shape index (κ3) is 4.34. The van der Waals surface area contributed by atoms with Crippen LogP contribution in [-0.2, 0) is 11.2 Å². The van der Waals surface area contributed by atoms with Gasteiger partial charge in [-0.1, -0.05) is 17.7 Å². The molecule has 0 unspecified atom stereocenters. The fourth-order valence-electron chi connectivity index (χ4n) is 2.04. The van der Waals surface area contributed by atoms with Crippen molar-refractivity contribution in [3.8, 4) is 17.3 Å². The second kappa shape index (κ2) is 7.47. The number of nitriles is 1. The molecule has 0 aliphatic carbocycles. The summed E-state index contributed by atoms with van der Waals surface area (Å²) >= 11 is 5.75. The smallest absolute Gasteiger partial charge is 0.232 e. The minimum absolute atomic E-state index is 0.104. The SMILES string of the molecule is N#Cc1ncc(-c2ccc(CC(=O)Nc3ccc(Cl)cn3)cn2)cn1. The Morgan fingerprint density at radius 2 is 1.84 bits per heavy atom. The molecule has 0 saturated heterocycles. The van der Waals surface area contributed by atoms with Crippen LogP contribution >= 0.6 is 11.6 Å². The highest BCUT2D eigenvalue weighted by Gasteiger charge is 2.07. The summed E-state index contributed by atoms with van der Waals surface area (Å²) in [5.74, 6) is 0.340. The van der Waals surface area contributed by atoms with Gasteiger partial charge in [-0.25, -0.2) is 15.0 Å². The maximum atomic E-state index is 12.0. The van der Waals surface area contributed by atoms with Crippen LogP contribution in [-0.4, -0.2) is 25.8 Å². The molecule has 0 aliphatic heterocycles. The van der Waals surface area contributed by atoms with Crippen molar-refractivity contribution in [3.63, 3.8) is 0 Å². The molecule has 25 heavy (non-hydrogen) atoms. The van der Waals surface area contributed by atoms with Crippen LogP contribution in [0.5, 0.6) is 0 Å². The first-order valence-corrected chi connectivity index (χ1v) is 7.61. The zero-order valence-corrected chi connectivity index (χ0v) is 13.6. The van der Waals surface area contributed by atoms with Gasteiger partial charge in [-0.05, 0) is 23.8 Å². The molecule has 0 radical (unpaired) electrons. The number of nitrogens with zero attached hydrogens (tertiary/aromatic N) is 5. The van der Waals surface area contributed by atoms with Crippen molar-refractivity contribution in [2.45, 2.75) is 6.42 Å². The molecular weight excluding hydrogens is 340 g/mol. The van der Waals surface area contributed by atoms with E-state index in [1.54, 1.807) is 30.5 Å². The molecule has 3 aromatic heterocycles. The Bertz CT molecular complexity index is 917. The molecule has 7 nitrogen and oxygen atoms in total. The van der Waals surface area contributed by atoms with E-state index in [1.165, 1.54) is 18.6 Å². The van der Waals surface area contributed by atoms with Crippen LogP contribution in [0, 0.1) is 11.3 Å². The number of carbonyl (C=O) groups excluding carboxylic acids is 1. The Balaban J connectivity index is 1.64. The molecule has 3 aromatic rings. The minimum atomic E-state index is -0.203. The standard InChI is InChI=1S/C17H11ClN6O/c18-13-2-4-15(23-10-13)24-17(25)5-11-1-3-14(20-7-11)12-8-21-16(6-19)22-9-12/h1-4,7-10H,5H2,(H,23,24,25). The summed E-state index contributed by atoms with van der Waals surface area (Å²) in [7, 11) is 0. The number of aromatic nitrogens is 4. The monoisotopic (exact) mass is 350 g/mol. The normalized spacial score (nSPS) is 10.1. The fourth-order valence-corrected chi connectivity index (χ4v) is 2.15. The quantitative estimate of drug-likeness (QED) is 0.775. The van der Waals surface area contributed by atoms with Crippen LogP contribution in [0.3, 0.4) is 0 Å². The third-order valence-electron chi connectivity index (χ3n) is 3.23. The first kappa shape index (κ1) is 16.5. The highest BCUT2D eigenvalue weighted by molar-refractivity contribution is 6.30. The number of halogens is 1. The van der Waals surface area contributed by atoms with Crippen molar-refractivity contribution >= 4 is 23.3 Å². The van der Waals surface area contributed by atoms with E-state index in [0.717, 1.165) is 5.56 Å². The molecule has 1 N–H and O–H groups in total. The Labute approximate surface area is 148 Å². The van der Waals surface area contributed by atoms with Gasteiger partial charge >= 0.3 is 0 Å². The summed E-state index contributed by atoms with van der Waals surface area (Å²) in [5.41, 5.74) is 2.11. The van der Waals surface area contributed by atoms with E-state index in [2.05, 4.69) is 25.3 Å². The van der Waals surface area contributed by atoms with E-state index in [1.807, 2.05) is 6.07 Å². The third-order valence-corrected chi connectivity index (χ3v) is 3.46. The first-order valence-electron chi connectivity index (χ1n) is 7.23. The second-order valence-corrected chi connectivity index (χ2v) is 5.48. The Kier molecular flexibility index (Phi) is 4.92. The number of anilines is 1. The van der Waals surface area contributed by atoms with Gasteiger partial charge in [-0.3, -0.25) is 9.78 Å².